The van der Waals surface area contributed by atoms with Crippen LogP contribution in [0.4, 0.5) is 5.82 Å². The number of nitrogens with one attached hydrogen (secondary N) is 1. The molecule has 0 aliphatic rings. The number of hydrogen-bond acceptors (Lipinski definition) is 8. The van der Waals surface area contributed by atoms with E-state index in [2.05, 4.69) is 44.0 Å². The minimum absolute atomic E-state index is 0.0966. The third-order valence-electron chi connectivity index (χ3n) is 8.71. The van der Waals surface area contributed by atoms with Crippen molar-refractivity contribution in [2.45, 2.75) is 39.0 Å². The van der Waals surface area contributed by atoms with Crippen molar-refractivity contribution in [3.8, 4) is 11.1 Å². The van der Waals surface area contributed by atoms with Crippen LogP contribution < -0.4 is 11.1 Å². The molecule has 0 aliphatic heterocycles. The van der Waals surface area contributed by atoms with Crippen LogP contribution in [0.3, 0.4) is 0 Å². The fourth-order valence-corrected chi connectivity index (χ4v) is 6.09. The number of fused-ring (bicyclic) bond motifs is 3. The van der Waals surface area contributed by atoms with E-state index in [0.29, 0.717) is 49.8 Å². The number of pyridine rings is 2. The van der Waals surface area contributed by atoms with Crippen molar-refractivity contribution in [2.24, 2.45) is 0 Å². The maximum Gasteiger partial charge on any atom is 0.251 e. The van der Waals surface area contributed by atoms with E-state index in [0.717, 1.165) is 63.9 Å². The second-order valence-corrected chi connectivity index (χ2v) is 12.5. The Labute approximate surface area is 293 Å². The second kappa shape index (κ2) is 16.5. The van der Waals surface area contributed by atoms with Gasteiger partial charge in [0.15, 0.2) is 5.82 Å². The Morgan fingerprint density at radius 3 is 2.48 bits per heavy atom. The minimum atomic E-state index is -0.202. The Kier molecular flexibility index (Phi) is 11.4. The van der Waals surface area contributed by atoms with E-state index in [-0.39, 0.29) is 12.0 Å². The molecule has 3 N–H and O–H groups in total. The Balaban J connectivity index is 1.12. The Morgan fingerprint density at radius 2 is 1.74 bits per heavy atom. The molecule has 6 rings (SSSR count). The van der Waals surface area contributed by atoms with Gasteiger partial charge in [0.25, 0.3) is 5.91 Å². The molecule has 0 saturated carbocycles. The monoisotopic (exact) mass is 671 g/mol. The van der Waals surface area contributed by atoms with Crippen LogP contribution in [-0.2, 0) is 22.6 Å². The normalized spacial score (nSPS) is 12.2. The molecule has 50 heavy (non-hydrogen) atoms. The zero-order chi connectivity index (χ0) is 34.9. The van der Waals surface area contributed by atoms with Crippen molar-refractivity contribution >= 4 is 33.7 Å². The molecule has 10 nitrogen and oxygen atoms in total. The van der Waals surface area contributed by atoms with Gasteiger partial charge in [-0.1, -0.05) is 60.7 Å². The first-order valence-corrected chi connectivity index (χ1v) is 17.2. The minimum Gasteiger partial charge on any atom is -0.382 e. The smallest absolute Gasteiger partial charge is 0.251 e. The summed E-state index contributed by atoms with van der Waals surface area (Å²) in [5.74, 6) is 1.10. The molecule has 0 bridgehead atoms. The van der Waals surface area contributed by atoms with Crippen LogP contribution in [0.15, 0.2) is 97.3 Å². The summed E-state index contributed by atoms with van der Waals surface area (Å²) in [6.45, 7) is 5.59. The topological polar surface area (TPSA) is 120 Å². The number of unbranched alkanes of at least 4 members (excludes halogenated alkanes) is 1. The van der Waals surface area contributed by atoms with Gasteiger partial charge in [-0.15, -0.1) is 0 Å². The first kappa shape index (κ1) is 34.7. The van der Waals surface area contributed by atoms with Crippen LogP contribution >= 0.6 is 0 Å². The van der Waals surface area contributed by atoms with E-state index in [9.17, 15) is 4.79 Å². The van der Waals surface area contributed by atoms with Gasteiger partial charge in [0.05, 0.1) is 17.6 Å². The molecule has 0 saturated heterocycles. The molecule has 3 aromatic carbocycles. The van der Waals surface area contributed by atoms with Crippen molar-refractivity contribution in [1.29, 1.82) is 0 Å². The lowest BCUT2D eigenvalue weighted by Gasteiger charge is -2.20. The van der Waals surface area contributed by atoms with Crippen LogP contribution in [0.25, 0.3) is 33.1 Å². The average molecular weight is 672 g/mol. The van der Waals surface area contributed by atoms with Gasteiger partial charge in [-0.25, -0.2) is 9.97 Å². The molecule has 1 atom stereocenters. The quantitative estimate of drug-likeness (QED) is 0.110. The highest BCUT2D eigenvalue weighted by Gasteiger charge is 2.19. The number of carbonyl (C=O) groups excluding carboxylic acids is 1. The summed E-state index contributed by atoms with van der Waals surface area (Å²) in [5, 5.41) is 4.07. The van der Waals surface area contributed by atoms with Crippen LogP contribution in [0.1, 0.15) is 53.2 Å². The predicted molar refractivity (Wildman–Crippen MR) is 199 cm³/mol. The highest BCUT2D eigenvalue weighted by molar-refractivity contribution is 6.07. The standard InChI is InChI=1S/C40H45N7O3/c1-4-49-27-35-45-36-37(33-19-18-31(25-34(33)44-39(36)41)32-13-10-20-42-26-32)47(35)22-9-8-21-43-40(48)30-16-14-29(15-17-30)38(50-24-23-46(2)3)28-11-6-5-7-12-28/h5-7,10-20,25-26,38H,4,8-9,21-24,27H2,1-3H3,(H2,41,44)(H,43,48). The van der Waals surface area contributed by atoms with Crippen molar-refractivity contribution < 1.29 is 14.3 Å². The van der Waals surface area contributed by atoms with E-state index in [4.69, 9.17) is 25.2 Å². The lowest BCUT2D eigenvalue weighted by Crippen LogP contribution is -2.24. The van der Waals surface area contributed by atoms with E-state index >= 15 is 0 Å². The van der Waals surface area contributed by atoms with Crippen molar-refractivity contribution in [3.63, 3.8) is 0 Å². The number of anilines is 1. The summed E-state index contributed by atoms with van der Waals surface area (Å²) in [7, 11) is 4.06. The molecule has 258 valence electrons. The number of rotatable bonds is 16. The lowest BCUT2D eigenvalue weighted by molar-refractivity contribution is 0.0687. The summed E-state index contributed by atoms with van der Waals surface area (Å²) in [6.07, 6.45) is 5.01. The number of likely N-dealkylation sites (N-methyl/N-ethyl adjacent to an activating group) is 1. The summed E-state index contributed by atoms with van der Waals surface area (Å²) in [4.78, 5) is 29.0. The Bertz CT molecular complexity index is 2010. The number of nitrogens with two attached hydrogens (primary N) is 1. The van der Waals surface area contributed by atoms with Crippen LogP contribution in [0.5, 0.6) is 0 Å². The van der Waals surface area contributed by atoms with Gasteiger partial charge in [0, 0.05) is 55.1 Å². The molecule has 3 aromatic heterocycles. The fraction of sp³-hybridized carbons (Fsp3) is 0.300. The summed E-state index contributed by atoms with van der Waals surface area (Å²) in [6, 6.07) is 28.0. The van der Waals surface area contributed by atoms with Gasteiger partial charge in [0.1, 0.15) is 24.1 Å². The van der Waals surface area contributed by atoms with Crippen molar-refractivity contribution in [3.05, 3.63) is 120 Å². The molecule has 3 heterocycles. The number of aromatic nitrogens is 4. The molecule has 0 aliphatic carbocycles. The van der Waals surface area contributed by atoms with Crippen molar-refractivity contribution in [1.82, 2.24) is 29.7 Å². The molecule has 0 fully saturated rings. The number of imidazole rings is 1. The number of carbonyl (C=O) groups is 1. The van der Waals surface area contributed by atoms with E-state index in [1.54, 1.807) is 6.20 Å². The lowest BCUT2D eigenvalue weighted by atomic mass is 10.00. The van der Waals surface area contributed by atoms with Crippen molar-refractivity contribution in [2.75, 3.05) is 46.1 Å². The zero-order valence-electron chi connectivity index (χ0n) is 29.0. The highest BCUT2D eigenvalue weighted by Crippen LogP contribution is 2.32. The Morgan fingerprint density at radius 1 is 0.940 bits per heavy atom. The average Bonchev–Trinajstić information content (AvgIpc) is 3.51. The highest BCUT2D eigenvalue weighted by atomic mass is 16.5. The fourth-order valence-electron chi connectivity index (χ4n) is 6.09. The molecule has 10 heteroatoms. The molecular weight excluding hydrogens is 626 g/mol. The second-order valence-electron chi connectivity index (χ2n) is 12.5. The summed E-state index contributed by atoms with van der Waals surface area (Å²) >= 11 is 0. The number of amides is 1. The van der Waals surface area contributed by atoms with Gasteiger partial charge in [-0.3, -0.25) is 9.78 Å². The predicted octanol–water partition coefficient (Wildman–Crippen LogP) is 6.64. The molecule has 0 radical (unpaired) electrons. The van der Waals surface area contributed by atoms with Gasteiger partial charge < -0.3 is 30.0 Å². The van der Waals surface area contributed by atoms with E-state index in [1.165, 1.54) is 0 Å². The third kappa shape index (κ3) is 8.16. The zero-order valence-corrected chi connectivity index (χ0v) is 29.0. The number of hydrogen-bond donors (Lipinski definition) is 2. The number of ether oxygens (including phenoxy) is 2. The molecule has 1 amide bonds. The molecular formula is C40H45N7O3. The van der Waals surface area contributed by atoms with Crippen LogP contribution in [0.2, 0.25) is 0 Å². The molecule has 0 spiro atoms. The van der Waals surface area contributed by atoms with Gasteiger partial charge >= 0.3 is 0 Å². The Hall–Kier alpha value is -5.16. The summed E-state index contributed by atoms with van der Waals surface area (Å²) < 4.78 is 14.3. The SMILES string of the molecule is CCOCc1nc2c(N)nc3cc(-c4cccnc4)ccc3c2n1CCCCNC(=O)c1ccc(C(OCCN(C)C)c2ccccc2)cc1. The number of aryl methyl sites for hydroxylation is 1. The maximum atomic E-state index is 13.1. The third-order valence-corrected chi connectivity index (χ3v) is 8.71. The number of benzene rings is 3. The van der Waals surface area contributed by atoms with Gasteiger partial charge in [-0.2, -0.15) is 0 Å². The molecule has 6 aromatic rings. The van der Waals surface area contributed by atoms with Gasteiger partial charge in [0.2, 0.25) is 0 Å². The van der Waals surface area contributed by atoms with E-state index < -0.39 is 0 Å². The van der Waals surface area contributed by atoms with Crippen LogP contribution in [-0.4, -0.2) is 70.7 Å². The molecule has 1 unspecified atom stereocenters. The summed E-state index contributed by atoms with van der Waals surface area (Å²) in [5.41, 5.74) is 13.7. The first-order chi connectivity index (χ1) is 24.4. The number of nitrogens with zero attached hydrogens (tertiary/aromatic N) is 5. The largest absolute Gasteiger partial charge is 0.382 e. The maximum absolute atomic E-state index is 13.1. The van der Waals surface area contributed by atoms with Gasteiger partial charge in [-0.05, 0) is 74.8 Å². The first-order valence-electron chi connectivity index (χ1n) is 17.2. The van der Waals surface area contributed by atoms with Crippen LogP contribution in [0, 0.1) is 0 Å². The number of nitrogen functional groups attached to an aromatic ring is 1. The van der Waals surface area contributed by atoms with E-state index in [1.807, 2.05) is 87.9 Å².